The summed E-state index contributed by atoms with van der Waals surface area (Å²) in [7, 11) is 0. The quantitative estimate of drug-likeness (QED) is 0.745. The Balaban J connectivity index is 0.00000240. The van der Waals surface area contributed by atoms with E-state index in [0.29, 0.717) is 0 Å². The highest BCUT2D eigenvalue weighted by molar-refractivity contribution is 5.85. The molecule has 4 rings (SSSR count). The van der Waals surface area contributed by atoms with Crippen molar-refractivity contribution < 1.29 is 9.59 Å². The van der Waals surface area contributed by atoms with E-state index in [2.05, 4.69) is 5.32 Å². The van der Waals surface area contributed by atoms with Crippen molar-refractivity contribution in [2.24, 2.45) is 0 Å². The number of carbonyl (C=O) groups is 2. The number of hydrogen-bond acceptors (Lipinski definition) is 3. The van der Waals surface area contributed by atoms with Crippen molar-refractivity contribution >= 4 is 36.0 Å². The van der Waals surface area contributed by atoms with Gasteiger partial charge in [0.25, 0.3) is 0 Å². The summed E-state index contributed by atoms with van der Waals surface area (Å²) in [5.41, 5.74) is 11.1. The zero-order chi connectivity index (χ0) is 19.7. The van der Waals surface area contributed by atoms with Crippen molar-refractivity contribution in [2.75, 3.05) is 5.73 Å². The summed E-state index contributed by atoms with van der Waals surface area (Å²) in [6.07, 6.45) is 6.87. The van der Waals surface area contributed by atoms with Crippen LogP contribution in [0.2, 0.25) is 0 Å². The molecule has 0 radical (unpaired) electrons. The topological polar surface area (TPSA) is 75.4 Å². The number of nitrogens with two attached hydrogens (primary N) is 1. The predicted molar refractivity (Wildman–Crippen MR) is 117 cm³/mol. The molecule has 152 valence electrons. The molecule has 1 aliphatic heterocycles. The highest BCUT2D eigenvalue weighted by Crippen LogP contribution is 2.34. The Morgan fingerprint density at radius 2 is 1.97 bits per heavy atom. The van der Waals surface area contributed by atoms with Crippen LogP contribution in [0.15, 0.2) is 48.7 Å². The Labute approximate surface area is 177 Å². The first kappa shape index (κ1) is 20.9. The molecule has 0 aromatic heterocycles. The lowest BCUT2D eigenvalue weighted by Crippen LogP contribution is -2.37. The maximum absolute atomic E-state index is 12.9. The van der Waals surface area contributed by atoms with Gasteiger partial charge in [0.05, 0.1) is 18.5 Å². The van der Waals surface area contributed by atoms with Gasteiger partial charge >= 0.3 is 0 Å². The molecule has 3 N–H and O–H groups in total. The summed E-state index contributed by atoms with van der Waals surface area (Å²) in [4.78, 5) is 26.7. The van der Waals surface area contributed by atoms with E-state index in [1.54, 1.807) is 11.1 Å². The van der Waals surface area contributed by atoms with Crippen LogP contribution in [0.4, 0.5) is 5.69 Å². The van der Waals surface area contributed by atoms with Crippen LogP contribution in [0.3, 0.4) is 0 Å². The lowest BCUT2D eigenvalue weighted by molar-refractivity contribution is -0.130. The molecule has 2 aromatic carbocycles. The van der Waals surface area contributed by atoms with Gasteiger partial charge in [0, 0.05) is 18.8 Å². The van der Waals surface area contributed by atoms with Crippen LogP contribution in [0.5, 0.6) is 0 Å². The molecule has 1 heterocycles. The zero-order valence-electron chi connectivity index (χ0n) is 16.4. The zero-order valence-corrected chi connectivity index (χ0v) is 17.2. The molecular weight excluding hydrogens is 386 g/mol. The SMILES string of the molecule is CC(=O)N1C=Cc2ccccc2C1CC(=O)NC1CCCc2cc(N)ccc21.Cl. The number of amides is 2. The molecule has 2 aliphatic rings. The number of fused-ring (bicyclic) bond motifs is 2. The van der Waals surface area contributed by atoms with Crippen molar-refractivity contribution in [2.45, 2.75) is 44.7 Å². The van der Waals surface area contributed by atoms with E-state index in [1.807, 2.05) is 48.5 Å². The molecule has 6 heteroatoms. The van der Waals surface area contributed by atoms with E-state index >= 15 is 0 Å². The average Bonchev–Trinajstić information content (AvgIpc) is 2.68. The molecular formula is C23H26ClN3O2. The first-order valence-electron chi connectivity index (χ1n) is 9.76. The van der Waals surface area contributed by atoms with E-state index in [9.17, 15) is 9.59 Å². The maximum Gasteiger partial charge on any atom is 0.223 e. The van der Waals surface area contributed by atoms with Crippen LogP contribution in [-0.2, 0) is 16.0 Å². The minimum absolute atomic E-state index is 0. The Morgan fingerprint density at radius 3 is 2.76 bits per heavy atom. The van der Waals surface area contributed by atoms with Gasteiger partial charge in [0.1, 0.15) is 0 Å². The third-order valence-corrected chi connectivity index (χ3v) is 5.66. The molecule has 5 nitrogen and oxygen atoms in total. The van der Waals surface area contributed by atoms with E-state index in [4.69, 9.17) is 5.73 Å². The minimum atomic E-state index is -0.284. The van der Waals surface area contributed by atoms with Gasteiger partial charge in [-0.05, 0) is 59.7 Å². The summed E-state index contributed by atoms with van der Waals surface area (Å²) in [6.45, 7) is 1.53. The van der Waals surface area contributed by atoms with Crippen molar-refractivity contribution in [1.29, 1.82) is 0 Å². The Hall–Kier alpha value is -2.79. The summed E-state index contributed by atoms with van der Waals surface area (Å²) in [6, 6.07) is 13.6. The molecule has 0 bridgehead atoms. The number of anilines is 1. The summed E-state index contributed by atoms with van der Waals surface area (Å²) in [5, 5.41) is 3.19. The van der Waals surface area contributed by atoms with Gasteiger partial charge in [-0.15, -0.1) is 12.4 Å². The predicted octanol–water partition coefficient (Wildman–Crippen LogP) is 4.15. The number of aryl methyl sites for hydroxylation is 1. The molecule has 0 fully saturated rings. The van der Waals surface area contributed by atoms with Crippen LogP contribution in [0, 0.1) is 0 Å². The molecule has 0 saturated carbocycles. The molecule has 2 aromatic rings. The van der Waals surface area contributed by atoms with Crippen LogP contribution in [0.25, 0.3) is 6.08 Å². The molecule has 1 aliphatic carbocycles. The van der Waals surface area contributed by atoms with Crippen molar-refractivity contribution in [1.82, 2.24) is 10.2 Å². The number of halogens is 1. The smallest absolute Gasteiger partial charge is 0.223 e. The van der Waals surface area contributed by atoms with Crippen molar-refractivity contribution in [3.05, 3.63) is 70.9 Å². The molecule has 2 unspecified atom stereocenters. The van der Waals surface area contributed by atoms with Crippen LogP contribution in [0.1, 0.15) is 60.5 Å². The summed E-state index contributed by atoms with van der Waals surface area (Å²) < 4.78 is 0. The number of nitrogen functional groups attached to an aromatic ring is 1. The Kier molecular flexibility index (Phi) is 6.28. The van der Waals surface area contributed by atoms with Crippen LogP contribution >= 0.6 is 12.4 Å². The second kappa shape index (κ2) is 8.70. The van der Waals surface area contributed by atoms with Gasteiger partial charge in [-0.1, -0.05) is 30.3 Å². The van der Waals surface area contributed by atoms with Crippen molar-refractivity contribution in [3.8, 4) is 0 Å². The van der Waals surface area contributed by atoms with Crippen molar-refractivity contribution in [3.63, 3.8) is 0 Å². The number of benzene rings is 2. The second-order valence-electron chi connectivity index (χ2n) is 7.56. The first-order chi connectivity index (χ1) is 13.5. The average molecular weight is 412 g/mol. The third kappa shape index (κ3) is 4.30. The molecule has 2 atom stereocenters. The van der Waals surface area contributed by atoms with E-state index < -0.39 is 0 Å². The number of nitrogens with one attached hydrogen (secondary N) is 1. The largest absolute Gasteiger partial charge is 0.399 e. The fourth-order valence-corrected chi connectivity index (χ4v) is 4.33. The van der Waals surface area contributed by atoms with Gasteiger partial charge in [-0.25, -0.2) is 0 Å². The van der Waals surface area contributed by atoms with E-state index in [-0.39, 0.29) is 42.7 Å². The fourth-order valence-electron chi connectivity index (χ4n) is 4.33. The monoisotopic (exact) mass is 411 g/mol. The lowest BCUT2D eigenvalue weighted by Gasteiger charge is -2.33. The highest BCUT2D eigenvalue weighted by Gasteiger charge is 2.29. The van der Waals surface area contributed by atoms with Crippen LogP contribution < -0.4 is 11.1 Å². The Bertz CT molecular complexity index is 957. The molecule has 2 amide bonds. The lowest BCUT2D eigenvalue weighted by atomic mass is 9.87. The van der Waals surface area contributed by atoms with Gasteiger partial charge in [0.2, 0.25) is 11.8 Å². The summed E-state index contributed by atoms with van der Waals surface area (Å²) in [5.74, 6) is -0.113. The number of rotatable bonds is 3. The normalized spacial score (nSPS) is 19.6. The summed E-state index contributed by atoms with van der Waals surface area (Å²) >= 11 is 0. The number of nitrogens with zero attached hydrogens (tertiary/aromatic N) is 1. The maximum atomic E-state index is 12.9. The number of carbonyl (C=O) groups excluding carboxylic acids is 2. The molecule has 0 spiro atoms. The standard InChI is InChI=1S/C23H25N3O2.ClH/c1-15(27)26-12-11-16-5-2-3-7-20(16)22(26)14-23(28)25-21-8-4-6-17-13-18(24)9-10-19(17)21;/h2-3,5,7,9-13,21-22H,4,6,8,14,24H2,1H3,(H,25,28);1H. The van der Waals surface area contributed by atoms with Gasteiger partial charge in [-0.3, -0.25) is 9.59 Å². The van der Waals surface area contributed by atoms with E-state index in [1.165, 1.54) is 12.5 Å². The second-order valence-corrected chi connectivity index (χ2v) is 7.56. The van der Waals surface area contributed by atoms with Gasteiger partial charge < -0.3 is 16.0 Å². The first-order valence-corrected chi connectivity index (χ1v) is 9.76. The molecule has 0 saturated heterocycles. The van der Waals surface area contributed by atoms with Gasteiger partial charge in [0.15, 0.2) is 0 Å². The van der Waals surface area contributed by atoms with Gasteiger partial charge in [-0.2, -0.15) is 0 Å². The highest BCUT2D eigenvalue weighted by atomic mass is 35.5. The van der Waals surface area contributed by atoms with E-state index in [0.717, 1.165) is 41.6 Å². The number of hydrogen-bond donors (Lipinski definition) is 2. The molecule has 29 heavy (non-hydrogen) atoms. The van der Waals surface area contributed by atoms with Crippen LogP contribution in [-0.4, -0.2) is 16.7 Å². The third-order valence-electron chi connectivity index (χ3n) is 5.66. The minimum Gasteiger partial charge on any atom is -0.399 e. The Morgan fingerprint density at radius 1 is 1.17 bits per heavy atom. The fraction of sp³-hybridized carbons (Fsp3) is 0.304.